The maximum atomic E-state index is 12.2. The second-order valence-electron chi connectivity index (χ2n) is 8.26. The molecule has 0 aromatic heterocycles. The predicted octanol–water partition coefficient (Wildman–Crippen LogP) is 3.39. The zero-order valence-corrected chi connectivity index (χ0v) is 18.1. The summed E-state index contributed by atoms with van der Waals surface area (Å²) < 4.78 is 0. The number of anilines is 2. The number of para-hydroxylation sites is 1. The van der Waals surface area contributed by atoms with Crippen LogP contribution < -0.4 is 15.1 Å². The average molecular weight is 395 g/mol. The Kier molecular flexibility index (Phi) is 7.15. The summed E-state index contributed by atoms with van der Waals surface area (Å²) in [6.07, 6.45) is 0. The Balaban J connectivity index is 1.71. The molecule has 0 spiro atoms. The van der Waals surface area contributed by atoms with Gasteiger partial charge in [0.1, 0.15) is 0 Å². The summed E-state index contributed by atoms with van der Waals surface area (Å²) in [5.41, 5.74) is 3.73. The number of piperazine rings is 1. The van der Waals surface area contributed by atoms with Crippen molar-refractivity contribution in [3.63, 3.8) is 0 Å². The highest BCUT2D eigenvalue weighted by molar-refractivity contribution is 5.77. The van der Waals surface area contributed by atoms with E-state index in [1.165, 1.54) is 16.9 Å². The van der Waals surface area contributed by atoms with Gasteiger partial charge in [-0.05, 0) is 29.8 Å². The van der Waals surface area contributed by atoms with Crippen LogP contribution in [0.1, 0.15) is 25.5 Å². The van der Waals surface area contributed by atoms with E-state index in [1.807, 2.05) is 13.8 Å². The van der Waals surface area contributed by atoms with Crippen molar-refractivity contribution in [1.29, 1.82) is 0 Å². The van der Waals surface area contributed by atoms with Crippen LogP contribution >= 0.6 is 0 Å². The zero-order chi connectivity index (χ0) is 20.8. The predicted molar refractivity (Wildman–Crippen MR) is 122 cm³/mol. The van der Waals surface area contributed by atoms with Crippen molar-refractivity contribution in [3.8, 4) is 0 Å². The molecule has 29 heavy (non-hydrogen) atoms. The summed E-state index contributed by atoms with van der Waals surface area (Å²) in [6, 6.07) is 19.5. The van der Waals surface area contributed by atoms with Crippen LogP contribution in [0.25, 0.3) is 0 Å². The van der Waals surface area contributed by atoms with Gasteiger partial charge in [-0.25, -0.2) is 0 Å². The number of carbonyl (C=O) groups excluding carboxylic acids is 1. The Morgan fingerprint density at radius 2 is 1.59 bits per heavy atom. The summed E-state index contributed by atoms with van der Waals surface area (Å²) in [7, 11) is 4.11. The molecule has 1 amide bonds. The quantitative estimate of drug-likeness (QED) is 0.781. The van der Waals surface area contributed by atoms with Gasteiger partial charge in [0.05, 0.1) is 6.04 Å². The Labute approximate surface area is 175 Å². The summed E-state index contributed by atoms with van der Waals surface area (Å²) in [4.78, 5) is 19.3. The molecule has 0 bridgehead atoms. The molecule has 156 valence electrons. The monoisotopic (exact) mass is 394 g/mol. The third kappa shape index (κ3) is 5.51. The first kappa shape index (κ1) is 21.2. The van der Waals surface area contributed by atoms with Gasteiger partial charge in [-0.3, -0.25) is 9.69 Å². The van der Waals surface area contributed by atoms with Crippen LogP contribution in [0.2, 0.25) is 0 Å². The fraction of sp³-hybridized carbons (Fsp3) is 0.458. The van der Waals surface area contributed by atoms with Gasteiger partial charge in [0.15, 0.2) is 0 Å². The lowest BCUT2D eigenvalue weighted by atomic mass is 10.0. The molecular formula is C24H34N4O. The smallest absolute Gasteiger partial charge is 0.222 e. The third-order valence-corrected chi connectivity index (χ3v) is 5.66. The molecule has 1 heterocycles. The van der Waals surface area contributed by atoms with Gasteiger partial charge in [0.2, 0.25) is 5.91 Å². The van der Waals surface area contributed by atoms with E-state index in [4.69, 9.17) is 0 Å². The van der Waals surface area contributed by atoms with Crippen LogP contribution in [-0.2, 0) is 4.79 Å². The summed E-state index contributed by atoms with van der Waals surface area (Å²) in [5.74, 6) is 0.115. The lowest BCUT2D eigenvalue weighted by molar-refractivity contribution is -0.124. The number of amides is 1. The van der Waals surface area contributed by atoms with Crippen molar-refractivity contribution in [2.75, 3.05) is 56.6 Å². The van der Waals surface area contributed by atoms with E-state index in [-0.39, 0.29) is 17.9 Å². The highest BCUT2D eigenvalue weighted by Gasteiger charge is 2.26. The lowest BCUT2D eigenvalue weighted by Gasteiger charge is -2.40. The zero-order valence-electron chi connectivity index (χ0n) is 18.1. The first-order chi connectivity index (χ1) is 14.0. The third-order valence-electron chi connectivity index (χ3n) is 5.66. The van der Waals surface area contributed by atoms with E-state index in [2.05, 4.69) is 88.7 Å². The molecule has 1 aliphatic rings. The van der Waals surface area contributed by atoms with Gasteiger partial charge in [-0.1, -0.05) is 44.2 Å². The number of hydrogen-bond donors (Lipinski definition) is 1. The molecule has 2 aromatic rings. The molecule has 2 aromatic carbocycles. The number of nitrogens with one attached hydrogen (secondary N) is 1. The minimum Gasteiger partial charge on any atom is -0.378 e. The minimum absolute atomic E-state index is 0.00157. The molecule has 1 aliphatic heterocycles. The van der Waals surface area contributed by atoms with Crippen molar-refractivity contribution in [3.05, 3.63) is 60.2 Å². The highest BCUT2D eigenvalue weighted by Crippen LogP contribution is 2.25. The molecule has 0 radical (unpaired) electrons. The fourth-order valence-electron chi connectivity index (χ4n) is 3.78. The molecule has 5 heteroatoms. The number of nitrogens with zero attached hydrogens (tertiary/aromatic N) is 3. The maximum absolute atomic E-state index is 12.2. The Morgan fingerprint density at radius 1 is 0.966 bits per heavy atom. The van der Waals surface area contributed by atoms with Crippen LogP contribution in [0.3, 0.4) is 0 Å². The largest absolute Gasteiger partial charge is 0.378 e. The van der Waals surface area contributed by atoms with Crippen LogP contribution in [0.5, 0.6) is 0 Å². The molecule has 1 N–H and O–H groups in total. The van der Waals surface area contributed by atoms with Gasteiger partial charge in [-0.2, -0.15) is 0 Å². The van der Waals surface area contributed by atoms with E-state index in [0.717, 1.165) is 26.2 Å². The number of carbonyl (C=O) groups is 1. The molecule has 1 fully saturated rings. The number of benzene rings is 2. The van der Waals surface area contributed by atoms with Crippen LogP contribution in [0, 0.1) is 5.92 Å². The van der Waals surface area contributed by atoms with Gasteiger partial charge in [-0.15, -0.1) is 0 Å². The van der Waals surface area contributed by atoms with E-state index in [1.54, 1.807) is 0 Å². The first-order valence-electron chi connectivity index (χ1n) is 10.5. The Hall–Kier alpha value is -2.53. The Morgan fingerprint density at radius 3 is 2.14 bits per heavy atom. The van der Waals surface area contributed by atoms with Crippen molar-refractivity contribution < 1.29 is 4.79 Å². The van der Waals surface area contributed by atoms with Gasteiger partial charge >= 0.3 is 0 Å². The second-order valence-corrected chi connectivity index (χ2v) is 8.26. The Bertz CT molecular complexity index is 765. The maximum Gasteiger partial charge on any atom is 0.222 e. The van der Waals surface area contributed by atoms with E-state index in [9.17, 15) is 4.79 Å². The van der Waals surface area contributed by atoms with E-state index >= 15 is 0 Å². The van der Waals surface area contributed by atoms with E-state index in [0.29, 0.717) is 6.54 Å². The molecule has 1 unspecified atom stereocenters. The minimum atomic E-state index is 0.00157. The van der Waals surface area contributed by atoms with Crippen molar-refractivity contribution in [2.24, 2.45) is 5.92 Å². The summed E-state index contributed by atoms with van der Waals surface area (Å²) in [5, 5.41) is 3.15. The molecule has 0 aliphatic carbocycles. The van der Waals surface area contributed by atoms with Crippen LogP contribution in [0.4, 0.5) is 11.4 Å². The summed E-state index contributed by atoms with van der Waals surface area (Å²) in [6.45, 7) is 8.47. The average Bonchev–Trinajstić information content (AvgIpc) is 2.75. The molecule has 0 saturated carbocycles. The first-order valence-corrected chi connectivity index (χ1v) is 10.5. The number of rotatable bonds is 7. The fourth-order valence-corrected chi connectivity index (χ4v) is 3.78. The SMILES string of the molecule is CC(C)C(=O)NCC(c1ccc(N(C)C)cc1)N1CCN(c2ccccc2)CC1. The lowest BCUT2D eigenvalue weighted by Crippen LogP contribution is -2.50. The molecular weight excluding hydrogens is 360 g/mol. The second kappa shape index (κ2) is 9.79. The number of hydrogen-bond acceptors (Lipinski definition) is 4. The van der Waals surface area contributed by atoms with Crippen LogP contribution in [-0.4, -0.2) is 57.6 Å². The normalized spacial score (nSPS) is 16.0. The molecule has 1 atom stereocenters. The van der Waals surface area contributed by atoms with E-state index < -0.39 is 0 Å². The van der Waals surface area contributed by atoms with Crippen molar-refractivity contribution in [2.45, 2.75) is 19.9 Å². The topological polar surface area (TPSA) is 38.8 Å². The highest BCUT2D eigenvalue weighted by atomic mass is 16.1. The summed E-state index contributed by atoms with van der Waals surface area (Å²) >= 11 is 0. The van der Waals surface area contributed by atoms with Crippen molar-refractivity contribution in [1.82, 2.24) is 10.2 Å². The van der Waals surface area contributed by atoms with Gasteiger partial charge in [0.25, 0.3) is 0 Å². The van der Waals surface area contributed by atoms with Crippen LogP contribution in [0.15, 0.2) is 54.6 Å². The van der Waals surface area contributed by atoms with Crippen molar-refractivity contribution >= 4 is 17.3 Å². The molecule has 5 nitrogen and oxygen atoms in total. The molecule has 3 rings (SSSR count). The standard InChI is InChI=1S/C24H34N4O/c1-19(2)24(29)25-18-23(20-10-12-21(13-11-20)26(3)4)28-16-14-27(15-17-28)22-8-6-5-7-9-22/h5-13,19,23H,14-18H2,1-4H3,(H,25,29). The van der Waals surface area contributed by atoms with Gasteiger partial charge < -0.3 is 15.1 Å². The molecule has 1 saturated heterocycles. The van der Waals surface area contributed by atoms with Gasteiger partial charge in [0, 0.05) is 64.1 Å².